The lowest BCUT2D eigenvalue weighted by Crippen LogP contribution is -2.17. The molecule has 0 fully saturated rings. The van der Waals surface area contributed by atoms with Crippen molar-refractivity contribution in [1.29, 1.82) is 0 Å². The standard InChI is InChI=1S/C26H20N2O3/c1-18-7-2-4-10-22(18)26(30)31-21-15-13-19(14-16-21)17-27-28-25(29)24-12-6-9-20-8-3-5-11-23(20)24/h2-17H,1H3,(H,28,29)/b27-17+. The fourth-order valence-electron chi connectivity index (χ4n) is 3.23. The first kappa shape index (κ1) is 20.0. The van der Waals surface area contributed by atoms with Crippen molar-refractivity contribution in [2.75, 3.05) is 0 Å². The van der Waals surface area contributed by atoms with Crippen LogP contribution in [0.3, 0.4) is 0 Å². The van der Waals surface area contributed by atoms with E-state index in [0.29, 0.717) is 16.9 Å². The van der Waals surface area contributed by atoms with Gasteiger partial charge in [0.05, 0.1) is 11.8 Å². The minimum absolute atomic E-state index is 0.281. The summed E-state index contributed by atoms with van der Waals surface area (Å²) in [7, 11) is 0. The van der Waals surface area contributed by atoms with Crippen molar-refractivity contribution in [2.45, 2.75) is 6.92 Å². The van der Waals surface area contributed by atoms with Gasteiger partial charge < -0.3 is 4.74 Å². The zero-order valence-corrected chi connectivity index (χ0v) is 16.9. The molecule has 0 aromatic heterocycles. The van der Waals surface area contributed by atoms with Crippen LogP contribution in [0.2, 0.25) is 0 Å². The molecule has 0 radical (unpaired) electrons. The summed E-state index contributed by atoms with van der Waals surface area (Å²) in [6.45, 7) is 1.86. The molecule has 31 heavy (non-hydrogen) atoms. The number of nitrogens with zero attached hydrogens (tertiary/aromatic N) is 1. The Morgan fingerprint density at radius 2 is 1.48 bits per heavy atom. The average molecular weight is 408 g/mol. The molecule has 0 heterocycles. The number of amides is 1. The average Bonchev–Trinajstić information content (AvgIpc) is 2.80. The van der Waals surface area contributed by atoms with Crippen molar-refractivity contribution in [1.82, 2.24) is 5.43 Å². The summed E-state index contributed by atoms with van der Waals surface area (Å²) in [6.07, 6.45) is 1.54. The van der Waals surface area contributed by atoms with Crippen molar-refractivity contribution in [3.05, 3.63) is 113 Å². The van der Waals surface area contributed by atoms with Gasteiger partial charge in [-0.25, -0.2) is 10.2 Å². The number of nitrogens with one attached hydrogen (secondary N) is 1. The topological polar surface area (TPSA) is 67.8 Å². The Kier molecular flexibility index (Phi) is 5.85. The number of hydrogen-bond acceptors (Lipinski definition) is 4. The van der Waals surface area contributed by atoms with E-state index >= 15 is 0 Å². The fourth-order valence-corrected chi connectivity index (χ4v) is 3.23. The van der Waals surface area contributed by atoms with Crippen molar-refractivity contribution < 1.29 is 14.3 Å². The van der Waals surface area contributed by atoms with E-state index in [9.17, 15) is 9.59 Å². The number of ether oxygens (including phenoxy) is 1. The Bertz CT molecular complexity index is 1270. The Balaban J connectivity index is 1.39. The number of benzene rings is 4. The molecule has 0 aliphatic rings. The summed E-state index contributed by atoms with van der Waals surface area (Å²) in [5.41, 5.74) is 5.27. The van der Waals surface area contributed by atoms with Crippen molar-refractivity contribution >= 4 is 28.9 Å². The van der Waals surface area contributed by atoms with Crippen LogP contribution in [0.4, 0.5) is 0 Å². The van der Waals surface area contributed by atoms with Gasteiger partial charge in [0, 0.05) is 5.56 Å². The molecule has 5 heteroatoms. The van der Waals surface area contributed by atoms with Gasteiger partial charge in [0.15, 0.2) is 0 Å². The smallest absolute Gasteiger partial charge is 0.343 e. The van der Waals surface area contributed by atoms with E-state index < -0.39 is 5.97 Å². The van der Waals surface area contributed by atoms with E-state index in [-0.39, 0.29) is 5.91 Å². The lowest BCUT2D eigenvalue weighted by atomic mass is 10.0. The number of fused-ring (bicyclic) bond motifs is 1. The third kappa shape index (κ3) is 4.67. The zero-order chi connectivity index (χ0) is 21.6. The van der Waals surface area contributed by atoms with Gasteiger partial charge in [-0.15, -0.1) is 0 Å². The highest BCUT2D eigenvalue weighted by molar-refractivity contribution is 6.07. The second kappa shape index (κ2) is 9.05. The van der Waals surface area contributed by atoms with Crippen LogP contribution in [0.5, 0.6) is 5.75 Å². The van der Waals surface area contributed by atoms with E-state index in [2.05, 4.69) is 10.5 Å². The summed E-state index contributed by atoms with van der Waals surface area (Å²) in [5.74, 6) is -0.246. The maximum Gasteiger partial charge on any atom is 0.343 e. The van der Waals surface area contributed by atoms with Crippen LogP contribution >= 0.6 is 0 Å². The molecule has 0 spiro atoms. The van der Waals surface area contributed by atoms with Crippen molar-refractivity contribution in [2.24, 2.45) is 5.10 Å². The van der Waals surface area contributed by atoms with Crippen LogP contribution in [0, 0.1) is 6.92 Å². The van der Waals surface area contributed by atoms with Crippen LogP contribution in [0.1, 0.15) is 31.8 Å². The largest absolute Gasteiger partial charge is 0.423 e. The highest BCUT2D eigenvalue weighted by Crippen LogP contribution is 2.18. The van der Waals surface area contributed by atoms with Gasteiger partial charge in [-0.05, 0) is 65.2 Å². The number of hydrogen-bond donors (Lipinski definition) is 1. The second-order valence-electron chi connectivity index (χ2n) is 7.00. The number of aryl methyl sites for hydroxylation is 1. The molecule has 0 saturated heterocycles. The Labute approximate surface area is 180 Å². The summed E-state index contributed by atoms with van der Waals surface area (Å²) in [6, 6.07) is 27.4. The third-order valence-electron chi connectivity index (χ3n) is 4.87. The van der Waals surface area contributed by atoms with Gasteiger partial charge >= 0.3 is 5.97 Å². The molecule has 0 aliphatic heterocycles. The zero-order valence-electron chi connectivity index (χ0n) is 16.9. The predicted octanol–water partition coefficient (Wildman–Crippen LogP) is 5.13. The molecular weight excluding hydrogens is 388 g/mol. The summed E-state index contributed by atoms with van der Waals surface area (Å²) < 4.78 is 5.42. The van der Waals surface area contributed by atoms with E-state index in [1.807, 2.05) is 55.5 Å². The number of rotatable bonds is 5. The van der Waals surface area contributed by atoms with Crippen LogP contribution in [0.15, 0.2) is 96.1 Å². The Morgan fingerprint density at radius 1 is 0.806 bits per heavy atom. The molecule has 0 saturated carbocycles. The first-order valence-corrected chi connectivity index (χ1v) is 9.81. The molecule has 1 N–H and O–H groups in total. The molecule has 1 amide bonds. The van der Waals surface area contributed by atoms with Gasteiger partial charge in [-0.2, -0.15) is 5.10 Å². The van der Waals surface area contributed by atoms with Gasteiger partial charge in [0.2, 0.25) is 0 Å². The Hall–Kier alpha value is -4.25. The van der Waals surface area contributed by atoms with Crippen LogP contribution in [-0.2, 0) is 0 Å². The summed E-state index contributed by atoms with van der Waals surface area (Å²) in [5, 5.41) is 5.91. The molecule has 4 aromatic rings. The molecule has 0 atom stereocenters. The quantitative estimate of drug-likeness (QED) is 0.215. The number of esters is 1. The summed E-state index contributed by atoms with van der Waals surface area (Å²) >= 11 is 0. The lowest BCUT2D eigenvalue weighted by Gasteiger charge is -2.07. The monoisotopic (exact) mass is 408 g/mol. The molecule has 0 bridgehead atoms. The second-order valence-corrected chi connectivity index (χ2v) is 7.00. The molecule has 0 aliphatic carbocycles. The van der Waals surface area contributed by atoms with Gasteiger partial charge in [-0.3, -0.25) is 4.79 Å². The van der Waals surface area contributed by atoms with Crippen LogP contribution in [0.25, 0.3) is 10.8 Å². The third-order valence-corrected chi connectivity index (χ3v) is 4.87. The number of hydrazone groups is 1. The minimum Gasteiger partial charge on any atom is -0.423 e. The maximum atomic E-state index is 12.5. The van der Waals surface area contributed by atoms with Gasteiger partial charge in [0.25, 0.3) is 5.91 Å². The molecule has 4 rings (SSSR count). The van der Waals surface area contributed by atoms with E-state index in [4.69, 9.17) is 4.74 Å². The van der Waals surface area contributed by atoms with Crippen molar-refractivity contribution in [3.63, 3.8) is 0 Å². The van der Waals surface area contributed by atoms with Gasteiger partial charge in [0.1, 0.15) is 5.75 Å². The predicted molar refractivity (Wildman–Crippen MR) is 122 cm³/mol. The number of carbonyl (C=O) groups excluding carboxylic acids is 2. The lowest BCUT2D eigenvalue weighted by molar-refractivity contribution is 0.0733. The van der Waals surface area contributed by atoms with E-state index in [0.717, 1.165) is 21.9 Å². The first-order chi connectivity index (χ1) is 15.1. The summed E-state index contributed by atoms with van der Waals surface area (Å²) in [4.78, 5) is 24.8. The first-order valence-electron chi connectivity index (χ1n) is 9.81. The van der Waals surface area contributed by atoms with Crippen LogP contribution in [-0.4, -0.2) is 18.1 Å². The highest BCUT2D eigenvalue weighted by Gasteiger charge is 2.11. The molecular formula is C26H20N2O3. The molecule has 152 valence electrons. The van der Waals surface area contributed by atoms with E-state index in [1.165, 1.54) is 6.21 Å². The number of carbonyl (C=O) groups is 2. The van der Waals surface area contributed by atoms with Crippen LogP contribution < -0.4 is 10.2 Å². The minimum atomic E-state index is -0.401. The molecule has 4 aromatic carbocycles. The SMILES string of the molecule is Cc1ccccc1C(=O)Oc1ccc(/C=N/NC(=O)c2cccc3ccccc23)cc1. The normalized spacial score (nSPS) is 10.9. The van der Waals surface area contributed by atoms with Crippen molar-refractivity contribution in [3.8, 4) is 5.75 Å². The fraction of sp³-hybridized carbons (Fsp3) is 0.0385. The Morgan fingerprint density at radius 3 is 2.29 bits per heavy atom. The van der Waals surface area contributed by atoms with E-state index in [1.54, 1.807) is 42.5 Å². The molecule has 0 unspecified atom stereocenters. The van der Waals surface area contributed by atoms with Gasteiger partial charge in [-0.1, -0.05) is 54.6 Å². The highest BCUT2D eigenvalue weighted by atomic mass is 16.5. The maximum absolute atomic E-state index is 12.5. The molecule has 5 nitrogen and oxygen atoms in total.